The molecule has 6 heteroatoms. The Hall–Kier alpha value is -2.50. The number of amides is 1. The maximum Gasteiger partial charge on any atom is 0.225 e. The summed E-state index contributed by atoms with van der Waals surface area (Å²) in [5.74, 6) is 1.83. The summed E-state index contributed by atoms with van der Waals surface area (Å²) in [6.45, 7) is 3.52. The van der Waals surface area contributed by atoms with Crippen molar-refractivity contribution in [3.63, 3.8) is 0 Å². The van der Waals surface area contributed by atoms with E-state index in [1.54, 1.807) is 12.4 Å². The van der Waals surface area contributed by atoms with Gasteiger partial charge in [0.1, 0.15) is 5.82 Å². The lowest BCUT2D eigenvalue weighted by atomic mass is 9.99. The fourth-order valence-electron chi connectivity index (χ4n) is 3.58. The van der Waals surface area contributed by atoms with E-state index in [0.29, 0.717) is 5.82 Å². The summed E-state index contributed by atoms with van der Waals surface area (Å²) in [6.07, 6.45) is 6.64. The number of pyridine rings is 1. The van der Waals surface area contributed by atoms with Gasteiger partial charge >= 0.3 is 0 Å². The van der Waals surface area contributed by atoms with Crippen LogP contribution in [0.15, 0.2) is 30.6 Å². The normalized spacial score (nSPS) is 23.5. The minimum absolute atomic E-state index is 0.0506. The largest absolute Gasteiger partial charge is 0.354 e. The van der Waals surface area contributed by atoms with Gasteiger partial charge in [-0.1, -0.05) is 6.42 Å². The Balaban J connectivity index is 1.69. The fraction of sp³-hybridized carbons (Fsp3) is 0.444. The molecule has 0 unspecified atom stereocenters. The third-order valence-corrected chi connectivity index (χ3v) is 4.79. The number of carbonyl (C=O) groups excluding carboxylic acids is 1. The average molecular weight is 323 g/mol. The number of aromatic nitrogens is 3. The standard InChI is InChI=1S/C18H21N5O/c1-12-8-16(22-17(20-12)13-5-3-7-19-9-13)23-10-14-4-2-6-15(11-23)21-18(14)24/h3,5,7-9,14-15H,2,4,6,10-11H2,1H3,(H,21,24)/t14-,15+/m1/s1. The van der Waals surface area contributed by atoms with Crippen molar-refractivity contribution < 1.29 is 4.79 Å². The van der Waals surface area contributed by atoms with E-state index < -0.39 is 0 Å². The molecule has 0 spiro atoms. The molecule has 24 heavy (non-hydrogen) atoms. The van der Waals surface area contributed by atoms with Crippen LogP contribution in [0.2, 0.25) is 0 Å². The molecule has 2 saturated heterocycles. The topological polar surface area (TPSA) is 71.0 Å². The molecule has 124 valence electrons. The van der Waals surface area contributed by atoms with Gasteiger partial charge < -0.3 is 10.2 Å². The first-order valence-corrected chi connectivity index (χ1v) is 8.50. The van der Waals surface area contributed by atoms with Gasteiger partial charge in [0.05, 0.1) is 5.92 Å². The summed E-state index contributed by atoms with van der Waals surface area (Å²) >= 11 is 0. The van der Waals surface area contributed by atoms with Crippen LogP contribution in [-0.4, -0.2) is 40.0 Å². The summed E-state index contributed by atoms with van der Waals surface area (Å²) in [5, 5.41) is 3.17. The molecular weight excluding hydrogens is 302 g/mol. The van der Waals surface area contributed by atoms with E-state index in [2.05, 4.69) is 20.2 Å². The third-order valence-electron chi connectivity index (χ3n) is 4.79. The SMILES string of the molecule is Cc1cc(N2C[C@@H]3CCC[C@H](C2)C(=O)N3)nc(-c2cccnc2)n1. The highest BCUT2D eigenvalue weighted by atomic mass is 16.2. The molecule has 6 nitrogen and oxygen atoms in total. The van der Waals surface area contributed by atoms with E-state index in [1.165, 1.54) is 0 Å². The molecule has 2 atom stereocenters. The highest BCUT2D eigenvalue weighted by molar-refractivity contribution is 5.80. The molecular formula is C18H21N5O. The summed E-state index contributed by atoms with van der Waals surface area (Å²) < 4.78 is 0. The van der Waals surface area contributed by atoms with Gasteiger partial charge in [-0.25, -0.2) is 9.97 Å². The molecule has 0 saturated carbocycles. The molecule has 2 aromatic rings. The summed E-state index contributed by atoms with van der Waals surface area (Å²) in [6, 6.07) is 6.07. The number of rotatable bonds is 2. The number of hydrogen-bond acceptors (Lipinski definition) is 5. The second-order valence-corrected chi connectivity index (χ2v) is 6.67. The molecule has 0 radical (unpaired) electrons. The highest BCUT2D eigenvalue weighted by Gasteiger charge is 2.33. The second kappa shape index (κ2) is 6.19. The van der Waals surface area contributed by atoms with Crippen molar-refractivity contribution in [2.24, 2.45) is 5.92 Å². The minimum Gasteiger partial charge on any atom is -0.354 e. The van der Waals surface area contributed by atoms with Gasteiger partial charge in [-0.3, -0.25) is 9.78 Å². The van der Waals surface area contributed by atoms with Gasteiger partial charge in [-0.15, -0.1) is 0 Å². The van der Waals surface area contributed by atoms with E-state index in [0.717, 1.165) is 49.4 Å². The Morgan fingerprint density at radius 2 is 2.17 bits per heavy atom. The van der Waals surface area contributed by atoms with Gasteiger partial charge in [-0.2, -0.15) is 0 Å². The molecule has 1 amide bonds. The number of nitrogens with zero attached hydrogens (tertiary/aromatic N) is 4. The van der Waals surface area contributed by atoms with Crippen LogP contribution in [0.5, 0.6) is 0 Å². The lowest BCUT2D eigenvalue weighted by Gasteiger charge is -2.28. The van der Waals surface area contributed by atoms with Gasteiger partial charge in [-0.05, 0) is 31.9 Å². The first-order chi connectivity index (χ1) is 11.7. The Bertz CT molecular complexity index is 748. The Morgan fingerprint density at radius 1 is 1.25 bits per heavy atom. The molecule has 4 rings (SSSR count). The van der Waals surface area contributed by atoms with E-state index in [4.69, 9.17) is 4.98 Å². The van der Waals surface area contributed by atoms with Crippen molar-refractivity contribution >= 4 is 11.7 Å². The van der Waals surface area contributed by atoms with Crippen molar-refractivity contribution in [1.29, 1.82) is 0 Å². The van der Waals surface area contributed by atoms with Crippen LogP contribution in [0.4, 0.5) is 5.82 Å². The monoisotopic (exact) mass is 323 g/mol. The van der Waals surface area contributed by atoms with Crippen molar-refractivity contribution in [1.82, 2.24) is 20.3 Å². The molecule has 2 aliphatic rings. The molecule has 2 aliphatic heterocycles. The Labute approximate surface area is 141 Å². The van der Waals surface area contributed by atoms with Crippen LogP contribution < -0.4 is 10.2 Å². The van der Waals surface area contributed by atoms with Crippen LogP contribution >= 0.6 is 0 Å². The first-order valence-electron chi connectivity index (χ1n) is 8.50. The third kappa shape index (κ3) is 2.96. The van der Waals surface area contributed by atoms with Gasteiger partial charge in [0.15, 0.2) is 5.82 Å². The summed E-state index contributed by atoms with van der Waals surface area (Å²) in [7, 11) is 0. The molecule has 2 fully saturated rings. The maximum atomic E-state index is 12.2. The van der Waals surface area contributed by atoms with E-state index >= 15 is 0 Å². The predicted octanol–water partition coefficient (Wildman–Crippen LogP) is 1.95. The fourth-order valence-corrected chi connectivity index (χ4v) is 3.58. The Kier molecular flexibility index (Phi) is 3.88. The van der Waals surface area contributed by atoms with Crippen molar-refractivity contribution in [3.8, 4) is 11.4 Å². The molecule has 0 aliphatic carbocycles. The van der Waals surface area contributed by atoms with Crippen LogP contribution in [0, 0.1) is 12.8 Å². The lowest BCUT2D eigenvalue weighted by Crippen LogP contribution is -2.39. The molecule has 0 aromatic carbocycles. The first kappa shape index (κ1) is 15.1. The van der Waals surface area contributed by atoms with Gasteiger partial charge in [0, 0.05) is 48.8 Å². The molecule has 2 bridgehead atoms. The summed E-state index contributed by atoms with van der Waals surface area (Å²) in [4.78, 5) is 27.9. The number of carbonyl (C=O) groups is 1. The van der Waals surface area contributed by atoms with Crippen LogP contribution in [0.3, 0.4) is 0 Å². The zero-order valence-electron chi connectivity index (χ0n) is 13.8. The zero-order valence-corrected chi connectivity index (χ0v) is 13.8. The molecule has 2 aromatic heterocycles. The van der Waals surface area contributed by atoms with Gasteiger partial charge in [0.25, 0.3) is 0 Å². The van der Waals surface area contributed by atoms with E-state index in [-0.39, 0.29) is 17.9 Å². The predicted molar refractivity (Wildman–Crippen MR) is 91.5 cm³/mol. The van der Waals surface area contributed by atoms with E-state index in [9.17, 15) is 4.79 Å². The summed E-state index contributed by atoms with van der Waals surface area (Å²) in [5.41, 5.74) is 1.83. The smallest absolute Gasteiger partial charge is 0.225 e. The van der Waals surface area contributed by atoms with Crippen molar-refractivity contribution in [2.45, 2.75) is 32.2 Å². The maximum absolute atomic E-state index is 12.2. The number of fused-ring (bicyclic) bond motifs is 3. The number of hydrogen-bond donors (Lipinski definition) is 1. The Morgan fingerprint density at radius 3 is 3.00 bits per heavy atom. The molecule has 1 N–H and O–H groups in total. The zero-order chi connectivity index (χ0) is 16.5. The average Bonchev–Trinajstić information content (AvgIpc) is 2.83. The van der Waals surface area contributed by atoms with Crippen LogP contribution in [0.25, 0.3) is 11.4 Å². The second-order valence-electron chi connectivity index (χ2n) is 6.67. The van der Waals surface area contributed by atoms with Gasteiger partial charge in [0.2, 0.25) is 5.91 Å². The van der Waals surface area contributed by atoms with Crippen LogP contribution in [-0.2, 0) is 4.79 Å². The highest BCUT2D eigenvalue weighted by Crippen LogP contribution is 2.26. The minimum atomic E-state index is 0.0506. The van der Waals surface area contributed by atoms with Crippen LogP contribution in [0.1, 0.15) is 25.0 Å². The quantitative estimate of drug-likeness (QED) is 0.915. The molecule has 4 heterocycles. The lowest BCUT2D eigenvalue weighted by molar-refractivity contribution is -0.124. The van der Waals surface area contributed by atoms with Crippen molar-refractivity contribution in [3.05, 3.63) is 36.3 Å². The number of nitrogens with one attached hydrogen (secondary N) is 1. The number of aryl methyl sites for hydroxylation is 1. The van der Waals surface area contributed by atoms with Crippen molar-refractivity contribution in [2.75, 3.05) is 18.0 Å². The number of anilines is 1. The van der Waals surface area contributed by atoms with E-state index in [1.807, 2.05) is 25.1 Å².